The van der Waals surface area contributed by atoms with Crippen molar-refractivity contribution in [1.29, 1.82) is 0 Å². The second-order valence-corrected chi connectivity index (χ2v) is 10.00. The zero-order valence-corrected chi connectivity index (χ0v) is 18.3. The molecule has 0 unspecified atom stereocenters. The SMILES string of the molecule is CCOC(=O)c1sc(NC(=O)CSc2ccc(S(=O)(=O)N(C)C)cn2)cc1C. The largest absolute Gasteiger partial charge is 0.462 e. The minimum absolute atomic E-state index is 0.0897. The van der Waals surface area contributed by atoms with Gasteiger partial charge < -0.3 is 10.1 Å². The number of nitrogens with zero attached hydrogens (tertiary/aromatic N) is 2. The van der Waals surface area contributed by atoms with E-state index >= 15 is 0 Å². The van der Waals surface area contributed by atoms with Crippen LogP contribution in [0.15, 0.2) is 34.3 Å². The molecule has 0 saturated carbocycles. The lowest BCUT2D eigenvalue weighted by atomic mass is 10.3. The number of hydrogen-bond donors (Lipinski definition) is 1. The van der Waals surface area contributed by atoms with Gasteiger partial charge in [0.2, 0.25) is 15.9 Å². The van der Waals surface area contributed by atoms with Gasteiger partial charge in [0.05, 0.1) is 22.4 Å². The molecule has 2 aromatic heterocycles. The number of aromatic nitrogens is 1. The summed E-state index contributed by atoms with van der Waals surface area (Å²) in [5.74, 6) is -0.566. The van der Waals surface area contributed by atoms with Gasteiger partial charge in [-0.2, -0.15) is 0 Å². The Morgan fingerprint density at radius 2 is 2.04 bits per heavy atom. The molecule has 0 aromatic carbocycles. The van der Waals surface area contributed by atoms with Gasteiger partial charge in [-0.25, -0.2) is 22.5 Å². The van der Waals surface area contributed by atoms with Gasteiger partial charge in [-0.15, -0.1) is 11.3 Å². The predicted molar refractivity (Wildman–Crippen MR) is 109 cm³/mol. The molecule has 0 atom stereocenters. The number of nitrogens with one attached hydrogen (secondary N) is 1. The minimum atomic E-state index is -3.53. The molecule has 8 nitrogen and oxygen atoms in total. The molecule has 11 heteroatoms. The summed E-state index contributed by atoms with van der Waals surface area (Å²) in [6, 6.07) is 4.73. The Hall–Kier alpha value is -1.95. The third kappa shape index (κ3) is 5.53. The molecule has 0 saturated heterocycles. The molecule has 0 spiro atoms. The van der Waals surface area contributed by atoms with Crippen LogP contribution in [-0.2, 0) is 19.6 Å². The Balaban J connectivity index is 1.94. The van der Waals surface area contributed by atoms with Crippen LogP contribution in [0, 0.1) is 6.92 Å². The van der Waals surface area contributed by atoms with Crippen molar-refractivity contribution in [2.75, 3.05) is 31.8 Å². The molecule has 0 radical (unpaired) electrons. The van der Waals surface area contributed by atoms with Gasteiger partial charge in [0.15, 0.2) is 0 Å². The van der Waals surface area contributed by atoms with Crippen molar-refractivity contribution < 1.29 is 22.7 Å². The molecule has 0 fully saturated rings. The average Bonchev–Trinajstić information content (AvgIpc) is 3.00. The van der Waals surface area contributed by atoms with Crippen molar-refractivity contribution in [3.05, 3.63) is 34.8 Å². The predicted octanol–water partition coefficient (Wildman–Crippen LogP) is 2.61. The van der Waals surface area contributed by atoms with E-state index in [0.29, 0.717) is 14.9 Å². The van der Waals surface area contributed by atoms with Crippen LogP contribution in [0.5, 0.6) is 0 Å². The highest BCUT2D eigenvalue weighted by atomic mass is 32.2. The fourth-order valence-electron chi connectivity index (χ4n) is 2.07. The summed E-state index contributed by atoms with van der Waals surface area (Å²) in [7, 11) is -0.640. The summed E-state index contributed by atoms with van der Waals surface area (Å²) >= 11 is 2.34. The van der Waals surface area contributed by atoms with E-state index in [4.69, 9.17) is 4.74 Å². The number of anilines is 1. The first-order valence-corrected chi connectivity index (χ1v) is 11.5. The number of thioether (sulfide) groups is 1. The maximum atomic E-state index is 12.1. The van der Waals surface area contributed by atoms with Crippen molar-refractivity contribution in [2.45, 2.75) is 23.8 Å². The summed E-state index contributed by atoms with van der Waals surface area (Å²) in [5, 5.41) is 3.83. The summed E-state index contributed by atoms with van der Waals surface area (Å²) < 4.78 is 30.1. The van der Waals surface area contributed by atoms with Gasteiger partial charge in [-0.05, 0) is 37.6 Å². The number of ether oxygens (including phenoxy) is 1. The monoisotopic (exact) mass is 443 g/mol. The zero-order valence-electron chi connectivity index (χ0n) is 15.9. The van der Waals surface area contributed by atoms with Crippen LogP contribution in [0.4, 0.5) is 5.00 Å². The number of hydrogen-bond acceptors (Lipinski definition) is 8. The molecular weight excluding hydrogens is 422 g/mol. The highest BCUT2D eigenvalue weighted by molar-refractivity contribution is 7.99. The van der Waals surface area contributed by atoms with Crippen LogP contribution < -0.4 is 5.32 Å². The molecule has 0 aliphatic carbocycles. The third-order valence-electron chi connectivity index (χ3n) is 3.48. The van der Waals surface area contributed by atoms with Crippen molar-refractivity contribution in [3.8, 4) is 0 Å². The van der Waals surface area contributed by atoms with Crippen LogP contribution in [0.1, 0.15) is 22.2 Å². The van der Waals surface area contributed by atoms with Crippen LogP contribution in [0.3, 0.4) is 0 Å². The summed E-state index contributed by atoms with van der Waals surface area (Å²) in [6.45, 7) is 3.80. The van der Waals surface area contributed by atoms with Crippen LogP contribution in [-0.4, -0.2) is 56.0 Å². The number of carbonyl (C=O) groups is 2. The molecule has 2 rings (SSSR count). The summed E-state index contributed by atoms with van der Waals surface area (Å²) in [5.41, 5.74) is 0.741. The normalized spacial score (nSPS) is 11.5. The zero-order chi connectivity index (χ0) is 20.9. The minimum Gasteiger partial charge on any atom is -0.462 e. The maximum Gasteiger partial charge on any atom is 0.348 e. The summed E-state index contributed by atoms with van der Waals surface area (Å²) in [4.78, 5) is 28.6. The maximum absolute atomic E-state index is 12.1. The number of sulfonamides is 1. The fraction of sp³-hybridized carbons (Fsp3) is 0.353. The first-order chi connectivity index (χ1) is 13.1. The van der Waals surface area contributed by atoms with Gasteiger partial charge in [0.1, 0.15) is 9.77 Å². The Morgan fingerprint density at radius 1 is 1.32 bits per heavy atom. The number of carbonyl (C=O) groups excluding carboxylic acids is 2. The van der Waals surface area contributed by atoms with E-state index in [2.05, 4.69) is 10.3 Å². The molecule has 1 N–H and O–H groups in total. The van der Waals surface area contributed by atoms with E-state index in [0.717, 1.165) is 21.2 Å². The van der Waals surface area contributed by atoms with E-state index in [1.807, 2.05) is 0 Å². The Labute approximate surface area is 172 Å². The highest BCUT2D eigenvalue weighted by Gasteiger charge is 2.18. The molecule has 152 valence electrons. The lowest BCUT2D eigenvalue weighted by Gasteiger charge is -2.11. The quantitative estimate of drug-likeness (QED) is 0.494. The first kappa shape index (κ1) is 22.3. The van der Waals surface area contributed by atoms with Gasteiger partial charge in [-0.3, -0.25) is 4.79 Å². The molecule has 2 heterocycles. The van der Waals surface area contributed by atoms with Crippen molar-refractivity contribution in [2.24, 2.45) is 0 Å². The molecule has 1 amide bonds. The van der Waals surface area contributed by atoms with Gasteiger partial charge in [0.25, 0.3) is 0 Å². The van der Waals surface area contributed by atoms with Crippen molar-refractivity contribution in [3.63, 3.8) is 0 Å². The van der Waals surface area contributed by atoms with Crippen molar-refractivity contribution >= 4 is 50.0 Å². The standard InChI is InChI=1S/C17H21N3O5S3/c1-5-25-17(22)16-11(2)8-15(27-16)19-13(21)10-26-14-7-6-12(9-18-14)28(23,24)20(3)4/h6-9H,5,10H2,1-4H3,(H,19,21). The molecule has 0 aliphatic rings. The molecular formula is C17H21N3O5S3. The van der Waals surface area contributed by atoms with E-state index in [9.17, 15) is 18.0 Å². The van der Waals surface area contributed by atoms with E-state index in [-0.39, 0.29) is 23.2 Å². The van der Waals surface area contributed by atoms with Crippen LogP contribution in [0.25, 0.3) is 0 Å². The third-order valence-corrected chi connectivity index (χ3v) is 7.36. The lowest BCUT2D eigenvalue weighted by molar-refractivity contribution is -0.113. The number of esters is 1. The topological polar surface area (TPSA) is 106 Å². The van der Waals surface area contributed by atoms with Crippen molar-refractivity contribution in [1.82, 2.24) is 9.29 Å². The van der Waals surface area contributed by atoms with Gasteiger partial charge in [-0.1, -0.05) is 11.8 Å². The molecule has 2 aromatic rings. The second-order valence-electron chi connectivity index (χ2n) is 5.80. The number of amides is 1. The van der Waals surface area contributed by atoms with Crippen LogP contribution >= 0.6 is 23.1 Å². The Kier molecular flexibility index (Phi) is 7.58. The fourth-order valence-corrected chi connectivity index (χ4v) is 4.54. The number of pyridine rings is 1. The molecule has 0 aliphatic heterocycles. The van der Waals surface area contributed by atoms with E-state index < -0.39 is 16.0 Å². The van der Waals surface area contributed by atoms with Gasteiger partial charge >= 0.3 is 5.97 Å². The number of rotatable bonds is 8. The number of thiophene rings is 1. The Bertz CT molecular complexity index is 953. The van der Waals surface area contributed by atoms with Crippen LogP contribution in [0.2, 0.25) is 0 Å². The smallest absolute Gasteiger partial charge is 0.348 e. The lowest BCUT2D eigenvalue weighted by Crippen LogP contribution is -2.22. The highest BCUT2D eigenvalue weighted by Crippen LogP contribution is 2.28. The van der Waals surface area contributed by atoms with Gasteiger partial charge in [0, 0.05) is 20.3 Å². The number of aryl methyl sites for hydroxylation is 1. The molecule has 0 bridgehead atoms. The van der Waals surface area contributed by atoms with E-state index in [1.54, 1.807) is 26.0 Å². The summed E-state index contributed by atoms with van der Waals surface area (Å²) in [6.07, 6.45) is 1.27. The Morgan fingerprint density at radius 3 is 2.61 bits per heavy atom. The van der Waals surface area contributed by atoms with E-state index in [1.165, 1.54) is 38.1 Å². The molecule has 28 heavy (non-hydrogen) atoms. The first-order valence-electron chi connectivity index (χ1n) is 8.24. The average molecular weight is 444 g/mol. The second kappa shape index (κ2) is 9.50.